The maximum absolute atomic E-state index is 12.5. The van der Waals surface area contributed by atoms with Crippen LogP contribution >= 0.6 is 11.3 Å². The van der Waals surface area contributed by atoms with Crippen molar-refractivity contribution in [2.24, 2.45) is 0 Å². The predicted molar refractivity (Wildman–Crippen MR) is 88.5 cm³/mol. The molecule has 0 aliphatic carbocycles. The maximum atomic E-state index is 12.5. The van der Waals surface area contributed by atoms with Crippen LogP contribution in [0.4, 0.5) is 0 Å². The molecule has 9 heteroatoms. The quantitative estimate of drug-likeness (QED) is 0.864. The fourth-order valence-corrected chi connectivity index (χ4v) is 5.17. The highest BCUT2D eigenvalue weighted by molar-refractivity contribution is 7.91. The number of nitrogens with zero attached hydrogens (tertiary/aromatic N) is 1. The average molecular weight is 370 g/mol. The average Bonchev–Trinajstić information content (AvgIpc) is 3.23. The van der Waals surface area contributed by atoms with Crippen LogP contribution in [0.1, 0.15) is 21.2 Å². The Bertz CT molecular complexity index is 819. The number of thiophene rings is 1. The lowest BCUT2D eigenvalue weighted by Crippen LogP contribution is -2.40. The summed E-state index contributed by atoms with van der Waals surface area (Å²) in [5, 5.41) is 2.72. The Balaban J connectivity index is 1.64. The molecule has 0 aromatic carbocycles. The SMILES string of the molecule is Cc1ccc(C(=O)NCc2ccc(S(=O)(=O)N3CCOCC3)s2)o1. The van der Waals surface area contributed by atoms with Crippen molar-refractivity contribution in [3.8, 4) is 0 Å². The number of aryl methyl sites for hydroxylation is 1. The molecule has 1 aliphatic rings. The van der Waals surface area contributed by atoms with Gasteiger partial charge in [-0.05, 0) is 31.2 Å². The van der Waals surface area contributed by atoms with Crippen LogP contribution in [-0.4, -0.2) is 44.9 Å². The third-order valence-electron chi connectivity index (χ3n) is 3.59. The van der Waals surface area contributed by atoms with Crippen molar-refractivity contribution in [3.05, 3.63) is 40.7 Å². The summed E-state index contributed by atoms with van der Waals surface area (Å²) in [5.41, 5.74) is 0. The molecule has 7 nitrogen and oxygen atoms in total. The molecule has 1 aliphatic heterocycles. The van der Waals surface area contributed by atoms with E-state index in [0.717, 1.165) is 16.2 Å². The number of morpholine rings is 1. The summed E-state index contributed by atoms with van der Waals surface area (Å²) in [4.78, 5) is 12.7. The fraction of sp³-hybridized carbons (Fsp3) is 0.400. The van der Waals surface area contributed by atoms with Crippen molar-refractivity contribution < 1.29 is 22.4 Å². The van der Waals surface area contributed by atoms with E-state index in [4.69, 9.17) is 9.15 Å². The van der Waals surface area contributed by atoms with Crippen molar-refractivity contribution in [1.29, 1.82) is 0 Å². The van der Waals surface area contributed by atoms with Crippen molar-refractivity contribution in [3.63, 3.8) is 0 Å². The smallest absolute Gasteiger partial charge is 0.287 e. The van der Waals surface area contributed by atoms with Gasteiger partial charge < -0.3 is 14.5 Å². The summed E-state index contributed by atoms with van der Waals surface area (Å²) in [6.07, 6.45) is 0. The minimum absolute atomic E-state index is 0.241. The molecule has 1 fully saturated rings. The number of amides is 1. The molecular weight excluding hydrogens is 352 g/mol. The van der Waals surface area contributed by atoms with Crippen LogP contribution in [-0.2, 0) is 21.3 Å². The van der Waals surface area contributed by atoms with Gasteiger partial charge in [0.15, 0.2) is 5.76 Å². The minimum atomic E-state index is -3.49. The Kier molecular flexibility index (Phi) is 5.04. The molecule has 3 rings (SSSR count). The van der Waals surface area contributed by atoms with Crippen LogP contribution in [0.25, 0.3) is 0 Å². The molecule has 3 heterocycles. The minimum Gasteiger partial charge on any atom is -0.456 e. The van der Waals surface area contributed by atoms with Gasteiger partial charge in [0.25, 0.3) is 15.9 Å². The Morgan fingerprint density at radius 1 is 1.25 bits per heavy atom. The first-order valence-corrected chi connectivity index (χ1v) is 9.74. The van der Waals surface area contributed by atoms with Crippen LogP contribution in [0.5, 0.6) is 0 Å². The summed E-state index contributed by atoms with van der Waals surface area (Å²) in [5.74, 6) is 0.578. The fourth-order valence-electron chi connectivity index (χ4n) is 2.32. The molecule has 1 amide bonds. The van der Waals surface area contributed by atoms with E-state index in [1.165, 1.54) is 4.31 Å². The summed E-state index contributed by atoms with van der Waals surface area (Å²) >= 11 is 1.16. The third-order valence-corrected chi connectivity index (χ3v) is 7.04. The number of hydrogen-bond donors (Lipinski definition) is 1. The Morgan fingerprint density at radius 2 is 2.00 bits per heavy atom. The number of nitrogens with one attached hydrogen (secondary N) is 1. The van der Waals surface area contributed by atoms with Gasteiger partial charge >= 0.3 is 0 Å². The van der Waals surface area contributed by atoms with E-state index in [1.54, 1.807) is 31.2 Å². The molecule has 0 atom stereocenters. The Labute approximate surface area is 144 Å². The molecule has 2 aromatic heterocycles. The lowest BCUT2D eigenvalue weighted by molar-refractivity contribution is 0.0731. The second-order valence-corrected chi connectivity index (χ2v) is 8.66. The highest BCUT2D eigenvalue weighted by atomic mass is 32.2. The zero-order valence-electron chi connectivity index (χ0n) is 13.1. The normalized spacial score (nSPS) is 16.2. The summed E-state index contributed by atoms with van der Waals surface area (Å²) in [7, 11) is -3.49. The second-order valence-electron chi connectivity index (χ2n) is 5.33. The number of furan rings is 1. The number of carbonyl (C=O) groups excluding carboxylic acids is 1. The van der Waals surface area contributed by atoms with Gasteiger partial charge in [-0.15, -0.1) is 11.3 Å². The maximum Gasteiger partial charge on any atom is 0.287 e. The first-order valence-electron chi connectivity index (χ1n) is 7.48. The number of rotatable bonds is 5. The Hall–Kier alpha value is -1.68. The topological polar surface area (TPSA) is 88.9 Å². The van der Waals surface area contributed by atoms with Crippen molar-refractivity contribution >= 4 is 27.3 Å². The van der Waals surface area contributed by atoms with Crippen molar-refractivity contribution in [1.82, 2.24) is 9.62 Å². The predicted octanol–water partition coefficient (Wildman–Crippen LogP) is 1.60. The molecule has 2 aromatic rings. The van der Waals surface area contributed by atoms with Gasteiger partial charge in [-0.3, -0.25) is 4.79 Å². The summed E-state index contributed by atoms with van der Waals surface area (Å²) in [6, 6.07) is 6.61. The van der Waals surface area contributed by atoms with E-state index in [2.05, 4.69) is 5.32 Å². The molecule has 24 heavy (non-hydrogen) atoms. The highest BCUT2D eigenvalue weighted by Gasteiger charge is 2.27. The zero-order valence-corrected chi connectivity index (χ0v) is 14.8. The number of ether oxygens (including phenoxy) is 1. The van der Waals surface area contributed by atoms with Gasteiger partial charge in [-0.25, -0.2) is 8.42 Å². The van der Waals surface area contributed by atoms with Crippen molar-refractivity contribution in [2.75, 3.05) is 26.3 Å². The third kappa shape index (κ3) is 3.69. The van der Waals surface area contributed by atoms with Gasteiger partial charge in [-0.1, -0.05) is 0 Å². The Morgan fingerprint density at radius 3 is 2.67 bits per heavy atom. The molecule has 0 bridgehead atoms. The van der Waals surface area contributed by atoms with Crippen LogP contribution in [0.2, 0.25) is 0 Å². The van der Waals surface area contributed by atoms with E-state index in [1.807, 2.05) is 0 Å². The van der Waals surface area contributed by atoms with Gasteiger partial charge in [0.1, 0.15) is 9.97 Å². The molecule has 0 radical (unpaired) electrons. The van der Waals surface area contributed by atoms with Crippen molar-refractivity contribution in [2.45, 2.75) is 17.7 Å². The highest BCUT2D eigenvalue weighted by Crippen LogP contribution is 2.25. The van der Waals surface area contributed by atoms with E-state index < -0.39 is 10.0 Å². The lowest BCUT2D eigenvalue weighted by atomic mass is 10.4. The molecule has 0 spiro atoms. The van der Waals surface area contributed by atoms with Gasteiger partial charge in [0.05, 0.1) is 19.8 Å². The summed E-state index contributed by atoms with van der Waals surface area (Å²) < 4.78 is 37.2. The molecule has 130 valence electrons. The van der Waals surface area contributed by atoms with Gasteiger partial charge in [0, 0.05) is 18.0 Å². The summed E-state index contributed by atoms with van der Waals surface area (Å²) in [6.45, 7) is 3.57. The number of carbonyl (C=O) groups is 1. The molecule has 0 unspecified atom stereocenters. The van der Waals surface area contributed by atoms with Crippen LogP contribution in [0.15, 0.2) is 32.9 Å². The first kappa shape index (κ1) is 17.2. The molecule has 0 saturated carbocycles. The van der Waals surface area contributed by atoms with Crippen LogP contribution in [0.3, 0.4) is 0 Å². The van der Waals surface area contributed by atoms with Crippen LogP contribution < -0.4 is 5.32 Å². The van der Waals surface area contributed by atoms with E-state index >= 15 is 0 Å². The molecule has 1 saturated heterocycles. The largest absolute Gasteiger partial charge is 0.456 e. The second kappa shape index (κ2) is 7.06. The first-order chi connectivity index (χ1) is 11.5. The van der Waals surface area contributed by atoms with E-state index in [0.29, 0.717) is 32.1 Å². The lowest BCUT2D eigenvalue weighted by Gasteiger charge is -2.25. The monoisotopic (exact) mass is 370 g/mol. The van der Waals surface area contributed by atoms with E-state index in [-0.39, 0.29) is 22.4 Å². The van der Waals surface area contributed by atoms with Crippen LogP contribution in [0, 0.1) is 6.92 Å². The standard InChI is InChI=1S/C15H18N2O5S2/c1-11-2-4-13(22-11)15(18)16-10-12-3-5-14(23-12)24(19,20)17-6-8-21-9-7-17/h2-5H,6-10H2,1H3,(H,16,18). The molecular formula is C15H18N2O5S2. The number of hydrogen-bond acceptors (Lipinski definition) is 6. The van der Waals surface area contributed by atoms with Gasteiger partial charge in [0.2, 0.25) is 0 Å². The van der Waals surface area contributed by atoms with E-state index in [9.17, 15) is 13.2 Å². The molecule has 1 N–H and O–H groups in total. The van der Waals surface area contributed by atoms with Gasteiger partial charge in [-0.2, -0.15) is 4.31 Å². The zero-order chi connectivity index (χ0) is 17.2. The number of sulfonamides is 1.